The lowest BCUT2D eigenvalue weighted by Gasteiger charge is -2.08. The first-order chi connectivity index (χ1) is 8.99. The summed E-state index contributed by atoms with van der Waals surface area (Å²) in [5.74, 6) is -2.67. The van der Waals surface area contributed by atoms with E-state index in [1.807, 2.05) is 0 Å². The van der Waals surface area contributed by atoms with Crippen LogP contribution in [-0.2, 0) is 0 Å². The normalized spacial score (nSPS) is 10.3. The molecular formula is C13H9ClF2N2O. The third kappa shape index (κ3) is 2.88. The molecule has 0 saturated heterocycles. The van der Waals surface area contributed by atoms with Gasteiger partial charge in [-0.25, -0.2) is 13.8 Å². The maximum absolute atomic E-state index is 13.8. The van der Waals surface area contributed by atoms with E-state index in [9.17, 15) is 13.6 Å². The monoisotopic (exact) mass is 282 g/mol. The molecule has 1 amide bonds. The van der Waals surface area contributed by atoms with Gasteiger partial charge in [0.05, 0.1) is 0 Å². The number of aromatic nitrogens is 1. The van der Waals surface area contributed by atoms with Gasteiger partial charge in [-0.1, -0.05) is 17.7 Å². The van der Waals surface area contributed by atoms with Crippen molar-refractivity contribution < 1.29 is 13.6 Å². The van der Waals surface area contributed by atoms with Gasteiger partial charge in [-0.2, -0.15) is 0 Å². The lowest BCUT2D eigenvalue weighted by Crippen LogP contribution is -2.16. The van der Waals surface area contributed by atoms with E-state index < -0.39 is 23.1 Å². The van der Waals surface area contributed by atoms with Gasteiger partial charge >= 0.3 is 0 Å². The molecule has 2 rings (SSSR count). The molecule has 0 aliphatic rings. The maximum atomic E-state index is 13.8. The second-order valence-electron chi connectivity index (χ2n) is 3.87. The Morgan fingerprint density at radius 3 is 2.74 bits per heavy atom. The number of pyridine rings is 1. The van der Waals surface area contributed by atoms with E-state index in [0.29, 0.717) is 5.69 Å². The van der Waals surface area contributed by atoms with Gasteiger partial charge in [-0.15, -0.1) is 0 Å². The Kier molecular flexibility index (Phi) is 3.76. The van der Waals surface area contributed by atoms with Gasteiger partial charge in [0.2, 0.25) is 0 Å². The number of carbonyl (C=O) groups is 1. The Hall–Kier alpha value is -2.01. The summed E-state index contributed by atoms with van der Waals surface area (Å²) in [7, 11) is 0. The van der Waals surface area contributed by atoms with Gasteiger partial charge in [0.15, 0.2) is 0 Å². The van der Waals surface area contributed by atoms with Crippen molar-refractivity contribution in [1.29, 1.82) is 0 Å². The fourth-order valence-electron chi connectivity index (χ4n) is 1.54. The van der Waals surface area contributed by atoms with Crippen LogP contribution in [-0.4, -0.2) is 10.9 Å². The zero-order chi connectivity index (χ0) is 14.0. The van der Waals surface area contributed by atoms with Gasteiger partial charge in [-0.05, 0) is 30.7 Å². The molecule has 3 nitrogen and oxygen atoms in total. The van der Waals surface area contributed by atoms with Crippen molar-refractivity contribution >= 4 is 23.2 Å². The molecule has 0 unspecified atom stereocenters. The van der Waals surface area contributed by atoms with Crippen molar-refractivity contribution in [2.75, 3.05) is 5.32 Å². The summed E-state index contributed by atoms with van der Waals surface area (Å²) in [5.41, 5.74) is -0.113. The van der Waals surface area contributed by atoms with Crippen LogP contribution in [0, 0.1) is 18.6 Å². The highest BCUT2D eigenvalue weighted by molar-refractivity contribution is 6.29. The number of carbonyl (C=O) groups excluding carboxylic acids is 1. The molecule has 0 fully saturated rings. The Balaban J connectivity index is 2.33. The molecule has 6 heteroatoms. The van der Waals surface area contributed by atoms with Crippen molar-refractivity contribution in [3.63, 3.8) is 0 Å². The van der Waals surface area contributed by atoms with E-state index in [4.69, 9.17) is 11.6 Å². The number of rotatable bonds is 2. The second-order valence-corrected chi connectivity index (χ2v) is 4.26. The third-order valence-corrected chi connectivity index (χ3v) is 2.70. The highest BCUT2D eigenvalue weighted by Crippen LogP contribution is 2.19. The first-order valence-electron chi connectivity index (χ1n) is 5.36. The van der Waals surface area contributed by atoms with Crippen molar-refractivity contribution in [3.8, 4) is 0 Å². The van der Waals surface area contributed by atoms with Gasteiger partial charge in [0, 0.05) is 11.9 Å². The summed E-state index contributed by atoms with van der Waals surface area (Å²) in [4.78, 5) is 15.6. The van der Waals surface area contributed by atoms with E-state index in [1.54, 1.807) is 0 Å². The number of halogens is 3. The molecule has 0 aliphatic carbocycles. The zero-order valence-electron chi connectivity index (χ0n) is 9.88. The molecule has 0 atom stereocenters. The molecule has 98 valence electrons. The average Bonchev–Trinajstić information content (AvgIpc) is 2.34. The average molecular weight is 283 g/mol. The van der Waals surface area contributed by atoms with E-state index in [1.165, 1.54) is 31.3 Å². The predicted molar refractivity (Wildman–Crippen MR) is 68.3 cm³/mol. The van der Waals surface area contributed by atoms with Gasteiger partial charge in [-0.3, -0.25) is 4.79 Å². The molecule has 1 aromatic heterocycles. The van der Waals surface area contributed by atoms with Crippen LogP contribution in [0.3, 0.4) is 0 Å². The van der Waals surface area contributed by atoms with Crippen LogP contribution in [0.15, 0.2) is 30.5 Å². The van der Waals surface area contributed by atoms with Gasteiger partial charge in [0.25, 0.3) is 5.91 Å². The number of nitrogens with one attached hydrogen (secondary N) is 1. The first kappa shape index (κ1) is 13.4. The first-order valence-corrected chi connectivity index (χ1v) is 5.74. The van der Waals surface area contributed by atoms with Crippen LogP contribution in [0.5, 0.6) is 0 Å². The van der Waals surface area contributed by atoms with Crippen molar-refractivity contribution in [2.45, 2.75) is 6.92 Å². The summed E-state index contributed by atoms with van der Waals surface area (Å²) in [6.45, 7) is 1.45. The predicted octanol–water partition coefficient (Wildman–Crippen LogP) is 3.57. The summed E-state index contributed by atoms with van der Waals surface area (Å²) in [5, 5.41) is 2.53. The molecule has 0 spiro atoms. The van der Waals surface area contributed by atoms with Gasteiger partial charge < -0.3 is 5.32 Å². The zero-order valence-corrected chi connectivity index (χ0v) is 10.6. The Bertz CT molecular complexity index is 647. The minimum atomic E-state index is -0.916. The minimum absolute atomic E-state index is 0.169. The number of aryl methyl sites for hydroxylation is 1. The van der Waals surface area contributed by atoms with Crippen LogP contribution < -0.4 is 5.32 Å². The molecule has 0 radical (unpaired) electrons. The molecule has 1 aromatic carbocycles. The van der Waals surface area contributed by atoms with Crippen LogP contribution in [0.25, 0.3) is 0 Å². The van der Waals surface area contributed by atoms with Crippen LogP contribution in [0.1, 0.15) is 15.9 Å². The summed E-state index contributed by atoms with van der Waals surface area (Å²) in [6, 6.07) is 5.16. The molecule has 0 saturated carbocycles. The van der Waals surface area contributed by atoms with E-state index in [0.717, 1.165) is 6.07 Å². The second kappa shape index (κ2) is 5.32. The molecule has 19 heavy (non-hydrogen) atoms. The lowest BCUT2D eigenvalue weighted by molar-refractivity contribution is 0.101. The number of nitrogens with zero attached hydrogens (tertiary/aromatic N) is 1. The SMILES string of the molecule is Cc1ccc(F)c(C(=O)Nc2ccnc(Cl)c2)c1F. The standard InChI is InChI=1S/C13H9ClF2N2O/c1-7-2-3-9(15)11(12(7)16)13(19)18-8-4-5-17-10(14)6-8/h2-6H,1H3,(H,17,18,19). The number of benzene rings is 1. The number of anilines is 1. The summed E-state index contributed by atoms with van der Waals surface area (Å²) < 4.78 is 27.3. The number of hydrogen-bond acceptors (Lipinski definition) is 2. The third-order valence-electron chi connectivity index (χ3n) is 2.50. The largest absolute Gasteiger partial charge is 0.322 e. The van der Waals surface area contributed by atoms with E-state index in [2.05, 4.69) is 10.3 Å². The lowest BCUT2D eigenvalue weighted by atomic mass is 10.1. The molecule has 0 aliphatic heterocycles. The molecule has 2 aromatic rings. The summed E-state index contributed by atoms with van der Waals surface area (Å²) >= 11 is 5.65. The Labute approximate surface area is 113 Å². The van der Waals surface area contributed by atoms with Crippen molar-refractivity contribution in [3.05, 3.63) is 58.4 Å². The number of hydrogen-bond donors (Lipinski definition) is 1. The number of amides is 1. The Morgan fingerprint density at radius 1 is 1.32 bits per heavy atom. The van der Waals surface area contributed by atoms with Crippen LogP contribution in [0.4, 0.5) is 14.5 Å². The molecular weight excluding hydrogens is 274 g/mol. The highest BCUT2D eigenvalue weighted by atomic mass is 35.5. The van der Waals surface area contributed by atoms with Crippen LogP contribution in [0.2, 0.25) is 5.15 Å². The van der Waals surface area contributed by atoms with E-state index >= 15 is 0 Å². The molecule has 1 heterocycles. The quantitative estimate of drug-likeness (QED) is 0.856. The smallest absolute Gasteiger partial charge is 0.261 e. The van der Waals surface area contributed by atoms with Gasteiger partial charge in [0.1, 0.15) is 22.4 Å². The van der Waals surface area contributed by atoms with E-state index in [-0.39, 0.29) is 10.7 Å². The fraction of sp³-hybridized carbons (Fsp3) is 0.0769. The molecule has 1 N–H and O–H groups in total. The summed E-state index contributed by atoms with van der Waals surface area (Å²) in [6.07, 6.45) is 1.38. The maximum Gasteiger partial charge on any atom is 0.261 e. The fourth-order valence-corrected chi connectivity index (χ4v) is 1.71. The molecule has 0 bridgehead atoms. The minimum Gasteiger partial charge on any atom is -0.322 e. The van der Waals surface area contributed by atoms with Crippen molar-refractivity contribution in [2.24, 2.45) is 0 Å². The highest BCUT2D eigenvalue weighted by Gasteiger charge is 2.19. The van der Waals surface area contributed by atoms with Crippen molar-refractivity contribution in [1.82, 2.24) is 4.98 Å². The topological polar surface area (TPSA) is 42.0 Å². The van der Waals surface area contributed by atoms with Crippen LogP contribution >= 0.6 is 11.6 Å². The Morgan fingerprint density at radius 2 is 2.05 bits per heavy atom.